The predicted molar refractivity (Wildman–Crippen MR) is 97.8 cm³/mol. The van der Waals surface area contributed by atoms with Crippen LogP contribution in [0.4, 0.5) is 0 Å². The summed E-state index contributed by atoms with van der Waals surface area (Å²) in [5.41, 5.74) is 0. The highest BCUT2D eigenvalue weighted by atomic mass is 79.9. The van der Waals surface area contributed by atoms with Crippen molar-refractivity contribution in [3.05, 3.63) is 52.4 Å². The van der Waals surface area contributed by atoms with Crippen LogP contribution in [-0.4, -0.2) is 36.5 Å². The molecule has 1 fully saturated rings. The third-order valence-electron chi connectivity index (χ3n) is 3.81. The first kappa shape index (κ1) is 18.8. The Morgan fingerprint density at radius 2 is 2.25 bits per heavy atom. The fourth-order valence-corrected chi connectivity index (χ4v) is 2.94. The molecular weight excluding hydrogens is 396 g/mol. The van der Waals surface area contributed by atoms with E-state index in [-0.39, 0.29) is 24.4 Å². The Balaban J connectivity index is 0.00000208. The van der Waals surface area contributed by atoms with Crippen molar-refractivity contribution >= 4 is 34.2 Å². The number of hydrogen-bond acceptors (Lipinski definition) is 4. The number of benzene rings is 1. The third-order valence-corrected chi connectivity index (χ3v) is 4.31. The second kappa shape index (κ2) is 8.55. The van der Waals surface area contributed by atoms with Crippen LogP contribution in [0.15, 0.2) is 45.3 Å². The molecular formula is C17H20BrClN2O3. The summed E-state index contributed by atoms with van der Waals surface area (Å²) < 4.78 is 12.3. The Morgan fingerprint density at radius 1 is 1.42 bits per heavy atom. The number of nitrogens with zero attached hydrogens (tertiary/aromatic N) is 1. The zero-order valence-electron chi connectivity index (χ0n) is 13.3. The molecule has 1 atom stereocenters. The number of ether oxygens (including phenoxy) is 1. The van der Waals surface area contributed by atoms with Gasteiger partial charge in [-0.2, -0.15) is 0 Å². The molecule has 1 aliphatic heterocycles. The van der Waals surface area contributed by atoms with Crippen LogP contribution in [0.3, 0.4) is 0 Å². The number of carbonyl (C=O) groups is 1. The standard InChI is InChI=1S/C17H19BrN2O3.ClH/c1-12-10-19-7-8-20(12)17(21)16-6-5-15(23-16)11-22-14-4-2-3-13(18)9-14;/h2-6,9,12,19H,7-8,10-11H2,1H3;1H/t12-;/m1./s1. The maximum absolute atomic E-state index is 12.5. The highest BCUT2D eigenvalue weighted by Gasteiger charge is 2.26. The second-order valence-electron chi connectivity index (χ2n) is 5.56. The first-order chi connectivity index (χ1) is 11.1. The van der Waals surface area contributed by atoms with E-state index in [0.29, 0.717) is 24.7 Å². The van der Waals surface area contributed by atoms with E-state index in [4.69, 9.17) is 9.15 Å². The van der Waals surface area contributed by atoms with Crippen molar-refractivity contribution in [3.8, 4) is 5.75 Å². The number of amides is 1. The second-order valence-corrected chi connectivity index (χ2v) is 6.48. The van der Waals surface area contributed by atoms with Crippen LogP contribution in [0.5, 0.6) is 5.75 Å². The Morgan fingerprint density at radius 3 is 3.00 bits per heavy atom. The SMILES string of the molecule is C[C@@H]1CNCCN1C(=O)c1ccc(COc2cccc(Br)c2)o1.Cl. The van der Waals surface area contributed by atoms with Gasteiger partial charge in [-0.3, -0.25) is 4.79 Å². The van der Waals surface area contributed by atoms with Crippen LogP contribution in [0.2, 0.25) is 0 Å². The number of rotatable bonds is 4. The summed E-state index contributed by atoms with van der Waals surface area (Å²) in [7, 11) is 0. The first-order valence-corrected chi connectivity index (χ1v) is 8.41. The van der Waals surface area contributed by atoms with E-state index in [1.54, 1.807) is 12.1 Å². The van der Waals surface area contributed by atoms with Crippen LogP contribution in [0, 0.1) is 0 Å². The minimum absolute atomic E-state index is 0. The van der Waals surface area contributed by atoms with Crippen molar-refractivity contribution < 1.29 is 13.9 Å². The molecule has 3 rings (SSSR count). The van der Waals surface area contributed by atoms with Crippen LogP contribution in [-0.2, 0) is 6.61 Å². The van der Waals surface area contributed by atoms with Crippen molar-refractivity contribution in [3.63, 3.8) is 0 Å². The zero-order chi connectivity index (χ0) is 16.2. The minimum atomic E-state index is -0.0623. The number of furan rings is 1. The van der Waals surface area contributed by atoms with Gasteiger partial charge in [-0.05, 0) is 37.3 Å². The molecule has 1 aromatic heterocycles. The molecule has 7 heteroatoms. The molecule has 0 unspecified atom stereocenters. The van der Waals surface area contributed by atoms with Gasteiger partial charge in [0.1, 0.15) is 18.1 Å². The van der Waals surface area contributed by atoms with Gasteiger partial charge in [0.2, 0.25) is 0 Å². The van der Waals surface area contributed by atoms with E-state index in [9.17, 15) is 4.79 Å². The van der Waals surface area contributed by atoms with Crippen molar-refractivity contribution in [1.82, 2.24) is 10.2 Å². The summed E-state index contributed by atoms with van der Waals surface area (Å²) in [6.45, 7) is 4.65. The van der Waals surface area contributed by atoms with Crippen molar-refractivity contribution in [2.45, 2.75) is 19.6 Å². The molecule has 5 nitrogen and oxygen atoms in total. The Bertz CT molecular complexity index is 692. The van der Waals surface area contributed by atoms with Crippen LogP contribution >= 0.6 is 28.3 Å². The summed E-state index contributed by atoms with van der Waals surface area (Å²) in [6, 6.07) is 11.3. The van der Waals surface area contributed by atoms with E-state index in [1.807, 2.05) is 36.1 Å². The third kappa shape index (κ3) is 4.53. The molecule has 0 bridgehead atoms. The maximum atomic E-state index is 12.5. The number of hydrogen-bond donors (Lipinski definition) is 1. The summed E-state index contributed by atoms with van der Waals surface area (Å²) in [5, 5.41) is 3.27. The molecule has 1 saturated heterocycles. The number of nitrogens with one attached hydrogen (secondary N) is 1. The summed E-state index contributed by atoms with van der Waals surface area (Å²) in [4.78, 5) is 14.3. The van der Waals surface area contributed by atoms with Crippen LogP contribution < -0.4 is 10.1 Å². The molecule has 130 valence electrons. The number of piperazine rings is 1. The van der Waals surface area contributed by atoms with E-state index >= 15 is 0 Å². The minimum Gasteiger partial charge on any atom is -0.486 e. The highest BCUT2D eigenvalue weighted by Crippen LogP contribution is 2.20. The molecule has 0 radical (unpaired) electrons. The number of carbonyl (C=O) groups excluding carboxylic acids is 1. The van der Waals surface area contributed by atoms with Gasteiger partial charge in [0, 0.05) is 30.1 Å². The molecule has 1 N–H and O–H groups in total. The van der Waals surface area contributed by atoms with Crippen LogP contribution in [0.1, 0.15) is 23.2 Å². The fraction of sp³-hybridized carbons (Fsp3) is 0.353. The average molecular weight is 416 g/mol. The predicted octanol–water partition coefficient (Wildman–Crippen LogP) is 3.48. The van der Waals surface area contributed by atoms with Gasteiger partial charge in [0.15, 0.2) is 5.76 Å². The summed E-state index contributed by atoms with van der Waals surface area (Å²) in [6.07, 6.45) is 0. The Labute approximate surface area is 155 Å². The zero-order valence-corrected chi connectivity index (χ0v) is 15.7. The molecule has 24 heavy (non-hydrogen) atoms. The van der Waals surface area contributed by atoms with Crippen molar-refractivity contribution in [2.75, 3.05) is 19.6 Å². The van der Waals surface area contributed by atoms with Gasteiger partial charge in [-0.1, -0.05) is 22.0 Å². The van der Waals surface area contributed by atoms with Gasteiger partial charge in [-0.15, -0.1) is 12.4 Å². The average Bonchev–Trinajstić information content (AvgIpc) is 3.02. The topological polar surface area (TPSA) is 54.7 Å². The molecule has 0 aliphatic carbocycles. The maximum Gasteiger partial charge on any atom is 0.289 e. The van der Waals surface area contributed by atoms with E-state index in [0.717, 1.165) is 23.3 Å². The lowest BCUT2D eigenvalue weighted by Gasteiger charge is -2.33. The van der Waals surface area contributed by atoms with Crippen molar-refractivity contribution in [1.29, 1.82) is 0 Å². The van der Waals surface area contributed by atoms with Gasteiger partial charge in [0.05, 0.1) is 0 Å². The van der Waals surface area contributed by atoms with E-state index in [1.165, 1.54) is 0 Å². The van der Waals surface area contributed by atoms with E-state index in [2.05, 4.69) is 21.2 Å². The summed E-state index contributed by atoms with van der Waals surface area (Å²) in [5.74, 6) is 1.69. The highest BCUT2D eigenvalue weighted by molar-refractivity contribution is 9.10. The first-order valence-electron chi connectivity index (χ1n) is 7.62. The van der Waals surface area contributed by atoms with Gasteiger partial charge in [0.25, 0.3) is 5.91 Å². The fourth-order valence-electron chi connectivity index (χ4n) is 2.57. The molecule has 1 amide bonds. The summed E-state index contributed by atoms with van der Waals surface area (Å²) >= 11 is 3.40. The monoisotopic (exact) mass is 414 g/mol. The smallest absolute Gasteiger partial charge is 0.289 e. The lowest BCUT2D eigenvalue weighted by molar-refractivity contribution is 0.0619. The molecule has 2 aromatic rings. The largest absolute Gasteiger partial charge is 0.486 e. The number of halogens is 2. The van der Waals surface area contributed by atoms with E-state index < -0.39 is 0 Å². The quantitative estimate of drug-likeness (QED) is 0.831. The normalized spacial score (nSPS) is 17.2. The molecule has 1 aliphatic rings. The Hall–Kier alpha value is -1.50. The molecule has 0 saturated carbocycles. The van der Waals surface area contributed by atoms with Crippen molar-refractivity contribution in [2.24, 2.45) is 0 Å². The van der Waals surface area contributed by atoms with Crippen LogP contribution in [0.25, 0.3) is 0 Å². The Kier molecular flexibility index (Phi) is 6.71. The van der Waals surface area contributed by atoms with Gasteiger partial charge in [-0.25, -0.2) is 0 Å². The lowest BCUT2D eigenvalue weighted by Crippen LogP contribution is -2.52. The molecule has 1 aromatic carbocycles. The molecule has 2 heterocycles. The molecule has 0 spiro atoms. The van der Waals surface area contributed by atoms with Gasteiger partial charge < -0.3 is 19.4 Å². The lowest BCUT2D eigenvalue weighted by atomic mass is 10.2. The van der Waals surface area contributed by atoms with Gasteiger partial charge >= 0.3 is 0 Å².